The molecule has 1 saturated heterocycles. The smallest absolute Gasteiger partial charge is 0.224 e. The molecule has 0 aromatic heterocycles. The van der Waals surface area contributed by atoms with E-state index in [1.54, 1.807) is 0 Å². The normalized spacial score (nSPS) is 25.5. The van der Waals surface area contributed by atoms with Gasteiger partial charge in [0.05, 0.1) is 23.6 Å². The number of ether oxygens (including phenoxy) is 1. The van der Waals surface area contributed by atoms with Crippen LogP contribution in [0.2, 0.25) is 5.02 Å². The van der Waals surface area contributed by atoms with Crippen LogP contribution in [0, 0.1) is 5.92 Å². The van der Waals surface area contributed by atoms with E-state index in [0.717, 1.165) is 31.5 Å². The van der Waals surface area contributed by atoms with Crippen LogP contribution in [0.25, 0.3) is 0 Å². The summed E-state index contributed by atoms with van der Waals surface area (Å²) in [6.07, 6.45) is 1.71. The number of para-hydroxylation sites is 1. The highest BCUT2D eigenvalue weighted by molar-refractivity contribution is 6.32. The van der Waals surface area contributed by atoms with Crippen molar-refractivity contribution in [3.8, 4) is 5.75 Å². The summed E-state index contributed by atoms with van der Waals surface area (Å²) < 4.78 is 5.60. The second-order valence-corrected chi connectivity index (χ2v) is 5.45. The first kappa shape index (κ1) is 12.8. The van der Waals surface area contributed by atoms with Crippen molar-refractivity contribution in [2.75, 3.05) is 19.7 Å². The van der Waals surface area contributed by atoms with Crippen molar-refractivity contribution in [2.24, 2.45) is 5.92 Å². The zero-order chi connectivity index (χ0) is 13.2. The van der Waals surface area contributed by atoms with Crippen LogP contribution in [0.1, 0.15) is 24.4 Å². The molecule has 2 unspecified atom stereocenters. The lowest BCUT2D eigenvalue weighted by atomic mass is 9.99. The van der Waals surface area contributed by atoms with Gasteiger partial charge in [0.2, 0.25) is 5.91 Å². The average Bonchev–Trinajstić information content (AvgIpc) is 2.94. The Morgan fingerprint density at radius 1 is 1.42 bits per heavy atom. The van der Waals surface area contributed by atoms with E-state index in [-0.39, 0.29) is 17.9 Å². The molecule has 1 aromatic rings. The number of hydrogen-bond donors (Lipinski definition) is 2. The number of halogens is 1. The minimum atomic E-state index is 0.00977. The molecule has 0 bridgehead atoms. The summed E-state index contributed by atoms with van der Waals surface area (Å²) in [5.41, 5.74) is 0.984. The molecule has 5 heteroatoms. The maximum Gasteiger partial charge on any atom is 0.224 e. The molecule has 0 aliphatic carbocycles. The van der Waals surface area contributed by atoms with E-state index in [2.05, 4.69) is 10.6 Å². The molecule has 2 N–H and O–H groups in total. The molecule has 3 rings (SSSR count). The van der Waals surface area contributed by atoms with Crippen molar-refractivity contribution < 1.29 is 9.53 Å². The van der Waals surface area contributed by atoms with Crippen LogP contribution < -0.4 is 15.4 Å². The minimum absolute atomic E-state index is 0.00977. The lowest BCUT2D eigenvalue weighted by molar-refractivity contribution is -0.125. The van der Waals surface area contributed by atoms with Crippen molar-refractivity contribution in [1.82, 2.24) is 10.6 Å². The predicted octanol–water partition coefficient (Wildman–Crippen LogP) is 1.89. The Morgan fingerprint density at radius 2 is 2.32 bits per heavy atom. The van der Waals surface area contributed by atoms with Crippen molar-refractivity contribution >= 4 is 17.5 Å². The lowest BCUT2D eigenvalue weighted by Gasteiger charge is -2.28. The first-order chi connectivity index (χ1) is 9.25. The summed E-state index contributed by atoms with van der Waals surface area (Å²) in [4.78, 5) is 12.2. The van der Waals surface area contributed by atoms with Crippen LogP contribution in [0.3, 0.4) is 0 Å². The number of benzene rings is 1. The number of rotatable bonds is 2. The Labute approximate surface area is 117 Å². The Bertz CT molecular complexity index is 486. The van der Waals surface area contributed by atoms with Gasteiger partial charge in [-0.3, -0.25) is 4.79 Å². The molecule has 0 spiro atoms. The summed E-state index contributed by atoms with van der Waals surface area (Å²) in [6.45, 7) is 2.29. The summed E-state index contributed by atoms with van der Waals surface area (Å²) in [5, 5.41) is 6.95. The molecule has 1 aromatic carbocycles. The van der Waals surface area contributed by atoms with Crippen LogP contribution in [0.4, 0.5) is 0 Å². The fourth-order valence-corrected chi connectivity index (χ4v) is 2.94. The molecule has 0 radical (unpaired) electrons. The number of carbonyl (C=O) groups excluding carboxylic acids is 1. The van der Waals surface area contributed by atoms with Gasteiger partial charge in [0.15, 0.2) is 0 Å². The molecule has 2 heterocycles. The van der Waals surface area contributed by atoms with Crippen LogP contribution >= 0.6 is 11.6 Å². The van der Waals surface area contributed by atoms with Gasteiger partial charge in [-0.1, -0.05) is 23.7 Å². The second kappa shape index (κ2) is 5.39. The number of fused-ring (bicyclic) bond motifs is 1. The van der Waals surface area contributed by atoms with Gasteiger partial charge in [-0.25, -0.2) is 0 Å². The van der Waals surface area contributed by atoms with Gasteiger partial charge in [0.25, 0.3) is 0 Å². The predicted molar refractivity (Wildman–Crippen MR) is 73.4 cm³/mol. The van der Waals surface area contributed by atoms with Crippen molar-refractivity contribution in [3.05, 3.63) is 28.8 Å². The fraction of sp³-hybridized carbons (Fsp3) is 0.500. The third kappa shape index (κ3) is 2.55. The Kier molecular flexibility index (Phi) is 3.62. The van der Waals surface area contributed by atoms with Crippen molar-refractivity contribution in [2.45, 2.75) is 18.9 Å². The minimum Gasteiger partial charge on any atom is -0.492 e. The van der Waals surface area contributed by atoms with Gasteiger partial charge in [0, 0.05) is 18.5 Å². The van der Waals surface area contributed by atoms with Gasteiger partial charge in [-0.15, -0.1) is 0 Å². The molecule has 2 aliphatic rings. The van der Waals surface area contributed by atoms with E-state index in [0.29, 0.717) is 17.4 Å². The summed E-state index contributed by atoms with van der Waals surface area (Å²) >= 11 is 6.12. The summed E-state index contributed by atoms with van der Waals surface area (Å²) in [7, 11) is 0. The Hall–Kier alpha value is -1.26. The highest BCUT2D eigenvalue weighted by Crippen LogP contribution is 2.37. The Balaban J connectivity index is 1.76. The highest BCUT2D eigenvalue weighted by Gasteiger charge is 2.28. The molecular weight excluding hydrogens is 264 g/mol. The second-order valence-electron chi connectivity index (χ2n) is 5.05. The molecule has 1 amide bonds. The zero-order valence-electron chi connectivity index (χ0n) is 10.6. The van der Waals surface area contributed by atoms with Crippen LogP contribution in [0.15, 0.2) is 18.2 Å². The SMILES string of the molecule is O=C(NC1CCOc2c(Cl)cccc21)C1CCNC1. The molecule has 19 heavy (non-hydrogen) atoms. The zero-order valence-corrected chi connectivity index (χ0v) is 11.4. The molecule has 4 nitrogen and oxygen atoms in total. The van der Waals surface area contributed by atoms with Gasteiger partial charge >= 0.3 is 0 Å². The molecule has 102 valence electrons. The van der Waals surface area contributed by atoms with Gasteiger partial charge in [-0.05, 0) is 19.0 Å². The number of nitrogens with one attached hydrogen (secondary N) is 2. The van der Waals surface area contributed by atoms with Gasteiger partial charge < -0.3 is 15.4 Å². The quantitative estimate of drug-likeness (QED) is 0.870. The van der Waals surface area contributed by atoms with E-state index in [4.69, 9.17) is 16.3 Å². The standard InChI is InChI=1S/C14H17ClN2O2/c15-11-3-1-2-10-12(5-7-19-13(10)11)17-14(18)9-4-6-16-8-9/h1-3,9,12,16H,4-8H2,(H,17,18). The summed E-state index contributed by atoms with van der Waals surface area (Å²) in [5.74, 6) is 0.929. The Morgan fingerprint density at radius 3 is 3.11 bits per heavy atom. The van der Waals surface area contributed by atoms with Crippen LogP contribution in [0.5, 0.6) is 5.75 Å². The molecule has 2 atom stereocenters. The third-order valence-corrected chi connectivity index (χ3v) is 4.07. The topological polar surface area (TPSA) is 50.4 Å². The van der Waals surface area contributed by atoms with Crippen LogP contribution in [-0.2, 0) is 4.79 Å². The first-order valence-electron chi connectivity index (χ1n) is 6.68. The lowest BCUT2D eigenvalue weighted by Crippen LogP contribution is -2.37. The molecular formula is C14H17ClN2O2. The van der Waals surface area contributed by atoms with Crippen LogP contribution in [-0.4, -0.2) is 25.6 Å². The van der Waals surface area contributed by atoms with Crippen molar-refractivity contribution in [3.63, 3.8) is 0 Å². The average molecular weight is 281 g/mol. The number of carbonyl (C=O) groups is 1. The van der Waals surface area contributed by atoms with Gasteiger partial charge in [0.1, 0.15) is 5.75 Å². The largest absolute Gasteiger partial charge is 0.492 e. The number of hydrogen-bond acceptors (Lipinski definition) is 3. The molecule has 2 aliphatic heterocycles. The number of amides is 1. The van der Waals surface area contributed by atoms with Gasteiger partial charge in [-0.2, -0.15) is 0 Å². The van der Waals surface area contributed by atoms with E-state index >= 15 is 0 Å². The maximum atomic E-state index is 12.2. The van der Waals surface area contributed by atoms with E-state index in [1.165, 1.54) is 0 Å². The maximum absolute atomic E-state index is 12.2. The summed E-state index contributed by atoms with van der Waals surface area (Å²) in [6, 6.07) is 5.69. The van der Waals surface area contributed by atoms with E-state index in [9.17, 15) is 4.79 Å². The monoisotopic (exact) mass is 280 g/mol. The van der Waals surface area contributed by atoms with E-state index in [1.807, 2.05) is 18.2 Å². The van der Waals surface area contributed by atoms with E-state index < -0.39 is 0 Å². The fourth-order valence-electron chi connectivity index (χ4n) is 2.70. The first-order valence-corrected chi connectivity index (χ1v) is 7.06. The molecule has 1 fully saturated rings. The third-order valence-electron chi connectivity index (χ3n) is 3.77. The highest BCUT2D eigenvalue weighted by atomic mass is 35.5. The van der Waals surface area contributed by atoms with Crippen molar-refractivity contribution in [1.29, 1.82) is 0 Å². The molecule has 0 saturated carbocycles.